The van der Waals surface area contributed by atoms with E-state index in [9.17, 15) is 13.2 Å². The van der Waals surface area contributed by atoms with Crippen molar-refractivity contribution in [2.45, 2.75) is 66.1 Å². The van der Waals surface area contributed by atoms with E-state index in [1.54, 1.807) is 12.2 Å². The predicted molar refractivity (Wildman–Crippen MR) is 141 cm³/mol. The zero-order valence-electron chi connectivity index (χ0n) is 22.4. The van der Waals surface area contributed by atoms with Gasteiger partial charge in [0.25, 0.3) is 0 Å². The summed E-state index contributed by atoms with van der Waals surface area (Å²) in [5, 5.41) is 0. The summed E-state index contributed by atoms with van der Waals surface area (Å²) < 4.78 is 42.1. The summed E-state index contributed by atoms with van der Waals surface area (Å²) in [6.07, 6.45) is 14.9. The number of allylic oxidation sites excluding steroid dienone is 4. The average Bonchev–Trinajstić information content (AvgIpc) is 3.32. The number of sulfonamides is 1. The minimum absolute atomic E-state index is 0.0505. The molecule has 0 aromatic carbocycles. The Kier molecular flexibility index (Phi) is 9.71. The highest BCUT2D eigenvalue weighted by Gasteiger charge is 2.29. The molecular formula is C27H42N2O6S. The Morgan fingerprint density at radius 2 is 2.03 bits per heavy atom. The molecule has 0 amide bonds. The molecule has 2 unspecified atom stereocenters. The summed E-state index contributed by atoms with van der Waals surface area (Å²) >= 11 is 0. The van der Waals surface area contributed by atoms with Crippen LogP contribution in [0.4, 0.5) is 0 Å². The molecule has 36 heavy (non-hydrogen) atoms. The van der Waals surface area contributed by atoms with Crippen LogP contribution in [0.1, 0.15) is 59.8 Å². The number of carbonyl (C=O) groups is 1. The van der Waals surface area contributed by atoms with E-state index in [4.69, 9.17) is 14.2 Å². The van der Waals surface area contributed by atoms with Crippen molar-refractivity contribution in [1.82, 2.24) is 4.31 Å². The molecule has 9 heteroatoms. The van der Waals surface area contributed by atoms with Crippen LogP contribution in [0.3, 0.4) is 0 Å². The maximum absolute atomic E-state index is 12.9. The van der Waals surface area contributed by atoms with Crippen molar-refractivity contribution in [3.05, 3.63) is 36.1 Å². The minimum Gasteiger partial charge on any atom is -0.471 e. The first kappa shape index (κ1) is 28.8. The Hall–Kier alpha value is -1.81. The van der Waals surface area contributed by atoms with Gasteiger partial charge in [-0.1, -0.05) is 26.0 Å². The van der Waals surface area contributed by atoms with Crippen LogP contribution >= 0.6 is 0 Å². The molecule has 8 nitrogen and oxygen atoms in total. The Bertz CT molecular complexity index is 1000. The Balaban J connectivity index is 1.53. The van der Waals surface area contributed by atoms with E-state index in [0.29, 0.717) is 25.5 Å². The van der Waals surface area contributed by atoms with Gasteiger partial charge < -0.3 is 14.2 Å². The predicted octanol–water partition coefficient (Wildman–Crippen LogP) is 4.25. The third-order valence-corrected chi connectivity index (χ3v) is 8.35. The normalized spacial score (nSPS) is 24.7. The molecule has 0 aliphatic carbocycles. The van der Waals surface area contributed by atoms with Crippen LogP contribution in [-0.4, -0.2) is 69.8 Å². The third kappa shape index (κ3) is 8.36. The SMILES string of the molecule is CC(C)(C=CC1CCN(S(C)(=O)=O)C1)C(=O)C=CC1=CC(C(C)(C)CCOC2CCCCO2)=NCO1. The van der Waals surface area contributed by atoms with Crippen LogP contribution in [-0.2, 0) is 29.0 Å². The summed E-state index contributed by atoms with van der Waals surface area (Å²) in [4.78, 5) is 17.5. The van der Waals surface area contributed by atoms with Gasteiger partial charge in [0, 0.05) is 42.3 Å². The number of aliphatic imine (C=N–C) groups is 1. The van der Waals surface area contributed by atoms with Crippen molar-refractivity contribution in [1.29, 1.82) is 0 Å². The van der Waals surface area contributed by atoms with Crippen molar-refractivity contribution in [3.8, 4) is 0 Å². The van der Waals surface area contributed by atoms with Gasteiger partial charge in [0.15, 0.2) is 18.8 Å². The third-order valence-electron chi connectivity index (χ3n) is 7.08. The van der Waals surface area contributed by atoms with Crippen molar-refractivity contribution in [3.63, 3.8) is 0 Å². The quantitative estimate of drug-likeness (QED) is 0.297. The van der Waals surface area contributed by atoms with Gasteiger partial charge in [-0.2, -0.15) is 0 Å². The smallest absolute Gasteiger partial charge is 0.211 e. The van der Waals surface area contributed by atoms with Gasteiger partial charge >= 0.3 is 0 Å². The molecule has 202 valence electrons. The molecule has 3 aliphatic heterocycles. The second-order valence-electron chi connectivity index (χ2n) is 11.1. The highest BCUT2D eigenvalue weighted by Crippen LogP contribution is 2.28. The number of rotatable bonds is 11. The Morgan fingerprint density at radius 1 is 1.25 bits per heavy atom. The molecule has 0 aromatic heterocycles. The van der Waals surface area contributed by atoms with E-state index in [-0.39, 0.29) is 30.1 Å². The fourth-order valence-corrected chi connectivity index (χ4v) is 5.26. The first-order chi connectivity index (χ1) is 16.9. The molecule has 2 saturated heterocycles. The van der Waals surface area contributed by atoms with Gasteiger partial charge in [-0.3, -0.25) is 4.79 Å². The first-order valence-corrected chi connectivity index (χ1v) is 14.7. The van der Waals surface area contributed by atoms with Crippen LogP contribution in [0.15, 0.2) is 41.1 Å². The maximum atomic E-state index is 12.9. The molecule has 0 N–H and O–H groups in total. The zero-order chi connectivity index (χ0) is 26.4. The lowest BCUT2D eigenvalue weighted by Gasteiger charge is -2.29. The average molecular weight is 523 g/mol. The standard InChI is InChI=1S/C27H42N2O6S/c1-26(2,14-17-34-25-8-6-7-16-33-25)23-18-22(35-20-28-23)9-10-24(30)27(3,4)13-11-21-12-15-29(19-21)36(5,31)32/h9-11,13,18,21,25H,6-8,12,14-17,19-20H2,1-5H3. The number of hydrogen-bond acceptors (Lipinski definition) is 7. The van der Waals surface area contributed by atoms with Gasteiger partial charge in [0.2, 0.25) is 10.0 Å². The summed E-state index contributed by atoms with van der Waals surface area (Å²) in [6.45, 7) is 10.6. The Morgan fingerprint density at radius 3 is 2.69 bits per heavy atom. The lowest BCUT2D eigenvalue weighted by Crippen LogP contribution is -2.29. The molecule has 3 heterocycles. The highest BCUT2D eigenvalue weighted by molar-refractivity contribution is 7.88. The second-order valence-corrected chi connectivity index (χ2v) is 13.1. The van der Waals surface area contributed by atoms with E-state index in [1.807, 2.05) is 32.1 Å². The van der Waals surface area contributed by atoms with E-state index < -0.39 is 15.4 Å². The van der Waals surface area contributed by atoms with Gasteiger partial charge in [-0.25, -0.2) is 17.7 Å². The van der Waals surface area contributed by atoms with Crippen molar-refractivity contribution in [2.75, 3.05) is 39.3 Å². The summed E-state index contributed by atoms with van der Waals surface area (Å²) in [7, 11) is -3.17. The largest absolute Gasteiger partial charge is 0.471 e. The molecule has 3 rings (SSSR count). The van der Waals surface area contributed by atoms with Crippen molar-refractivity contribution < 1.29 is 27.4 Å². The molecule has 0 radical (unpaired) electrons. The summed E-state index contributed by atoms with van der Waals surface area (Å²) in [5.74, 6) is 0.678. The lowest BCUT2D eigenvalue weighted by molar-refractivity contribution is -0.164. The van der Waals surface area contributed by atoms with Crippen LogP contribution < -0.4 is 0 Å². The van der Waals surface area contributed by atoms with Gasteiger partial charge in [-0.15, -0.1) is 0 Å². The summed E-state index contributed by atoms with van der Waals surface area (Å²) in [5.41, 5.74) is 0.00809. The van der Waals surface area contributed by atoms with E-state index in [1.165, 1.54) is 10.6 Å². The maximum Gasteiger partial charge on any atom is 0.211 e. The molecule has 2 fully saturated rings. The van der Waals surface area contributed by atoms with Gasteiger partial charge in [0.05, 0.1) is 12.9 Å². The van der Waals surface area contributed by atoms with Crippen LogP contribution in [0, 0.1) is 16.7 Å². The topological polar surface area (TPSA) is 94.5 Å². The molecule has 0 bridgehead atoms. The lowest BCUT2D eigenvalue weighted by atomic mass is 9.83. The highest BCUT2D eigenvalue weighted by atomic mass is 32.2. The molecule has 0 saturated carbocycles. The minimum atomic E-state index is -3.17. The Labute approximate surface area is 216 Å². The molecular weight excluding hydrogens is 480 g/mol. The molecule has 2 atom stereocenters. The molecule has 3 aliphatic rings. The van der Waals surface area contributed by atoms with E-state index >= 15 is 0 Å². The van der Waals surface area contributed by atoms with Crippen LogP contribution in [0.2, 0.25) is 0 Å². The fourth-order valence-electron chi connectivity index (χ4n) is 4.36. The zero-order valence-corrected chi connectivity index (χ0v) is 23.2. The van der Waals surface area contributed by atoms with Gasteiger partial charge in [-0.05, 0) is 64.0 Å². The number of nitrogens with zero attached hydrogens (tertiary/aromatic N) is 2. The monoisotopic (exact) mass is 522 g/mol. The first-order valence-electron chi connectivity index (χ1n) is 12.9. The summed E-state index contributed by atoms with van der Waals surface area (Å²) in [6, 6.07) is 0. The van der Waals surface area contributed by atoms with Crippen LogP contribution in [0.25, 0.3) is 0 Å². The van der Waals surface area contributed by atoms with Crippen molar-refractivity contribution in [2.24, 2.45) is 21.7 Å². The fraction of sp³-hybridized carbons (Fsp3) is 0.704. The molecule has 0 spiro atoms. The van der Waals surface area contributed by atoms with E-state index in [2.05, 4.69) is 18.8 Å². The van der Waals surface area contributed by atoms with Crippen LogP contribution in [0.5, 0.6) is 0 Å². The number of hydrogen-bond donors (Lipinski definition) is 0. The van der Waals surface area contributed by atoms with Crippen molar-refractivity contribution >= 4 is 21.5 Å². The second kappa shape index (κ2) is 12.2. The van der Waals surface area contributed by atoms with E-state index in [0.717, 1.165) is 44.4 Å². The number of ether oxygens (including phenoxy) is 3. The van der Waals surface area contributed by atoms with Gasteiger partial charge in [0.1, 0.15) is 5.76 Å². The number of carbonyl (C=O) groups excluding carboxylic acids is 1. The molecule has 0 aromatic rings. The number of ketones is 1.